The minimum absolute atomic E-state index is 0.00537. The van der Waals surface area contributed by atoms with Gasteiger partial charge in [-0.1, -0.05) is 35.9 Å². The molecule has 0 aromatic heterocycles. The van der Waals surface area contributed by atoms with E-state index >= 15 is 0 Å². The van der Waals surface area contributed by atoms with Crippen LogP contribution in [0.1, 0.15) is 23.6 Å². The van der Waals surface area contributed by atoms with Gasteiger partial charge in [-0.25, -0.2) is 0 Å². The smallest absolute Gasteiger partial charge is 0.238 e. The molecule has 0 spiro atoms. The van der Waals surface area contributed by atoms with Gasteiger partial charge in [0, 0.05) is 16.8 Å². The first-order valence-corrected chi connectivity index (χ1v) is 7.85. The maximum atomic E-state index is 12.2. The molecule has 1 amide bonds. The number of halogens is 1. The van der Waals surface area contributed by atoms with Crippen LogP contribution in [0.15, 0.2) is 48.5 Å². The molecule has 1 atom stereocenters. The summed E-state index contributed by atoms with van der Waals surface area (Å²) in [6.45, 7) is 0.377. The molecule has 0 saturated carbocycles. The molecule has 0 radical (unpaired) electrons. The highest BCUT2D eigenvalue weighted by molar-refractivity contribution is 6.30. The number of amides is 1. The third-order valence-electron chi connectivity index (χ3n) is 4.15. The van der Waals surface area contributed by atoms with E-state index in [0.717, 1.165) is 18.5 Å². The predicted octanol–water partition coefficient (Wildman–Crippen LogP) is 3.90. The molecule has 1 N–H and O–H groups in total. The fraction of sp³-hybridized carbons (Fsp3) is 0.278. The van der Waals surface area contributed by atoms with Crippen molar-refractivity contribution in [2.24, 2.45) is 0 Å². The number of hydrogen-bond acceptors (Lipinski definition) is 2. The lowest BCUT2D eigenvalue weighted by Crippen LogP contribution is -2.32. The molecular formula is C18H19ClN2O. The van der Waals surface area contributed by atoms with Crippen LogP contribution in [0, 0.1) is 0 Å². The average molecular weight is 315 g/mol. The Balaban J connectivity index is 1.61. The number of hydrogen-bond donors (Lipinski definition) is 1. The standard InChI is InChI=1S/C18H19ClN2O/c1-21(17-11-6-13-4-2-3-5-16(13)17)12-18(22)20-15-9-7-14(19)8-10-15/h2-5,7-10,17H,6,11-12H2,1H3,(H,20,22). The first-order valence-electron chi connectivity index (χ1n) is 7.47. The Kier molecular flexibility index (Phi) is 4.46. The number of nitrogens with zero attached hydrogens (tertiary/aromatic N) is 1. The zero-order valence-corrected chi connectivity index (χ0v) is 13.3. The first kappa shape index (κ1) is 15.1. The van der Waals surface area contributed by atoms with E-state index in [1.807, 2.05) is 19.2 Å². The molecule has 1 unspecified atom stereocenters. The van der Waals surface area contributed by atoms with E-state index in [0.29, 0.717) is 17.6 Å². The summed E-state index contributed by atoms with van der Waals surface area (Å²) >= 11 is 5.85. The zero-order valence-electron chi connectivity index (χ0n) is 12.6. The summed E-state index contributed by atoms with van der Waals surface area (Å²) in [7, 11) is 2.01. The molecule has 1 aliphatic carbocycles. The average Bonchev–Trinajstić information content (AvgIpc) is 2.93. The van der Waals surface area contributed by atoms with E-state index in [-0.39, 0.29) is 5.91 Å². The minimum atomic E-state index is -0.00537. The lowest BCUT2D eigenvalue weighted by atomic mass is 10.1. The number of benzene rings is 2. The Morgan fingerprint density at radius 3 is 2.73 bits per heavy atom. The number of anilines is 1. The summed E-state index contributed by atoms with van der Waals surface area (Å²) in [5.41, 5.74) is 3.52. The van der Waals surface area contributed by atoms with Gasteiger partial charge in [-0.3, -0.25) is 9.69 Å². The van der Waals surface area contributed by atoms with Crippen molar-refractivity contribution >= 4 is 23.2 Å². The Morgan fingerprint density at radius 2 is 1.95 bits per heavy atom. The monoisotopic (exact) mass is 314 g/mol. The molecule has 4 heteroatoms. The number of rotatable bonds is 4. The molecule has 2 aromatic carbocycles. The van der Waals surface area contributed by atoms with Crippen LogP contribution in [0.3, 0.4) is 0 Å². The number of aryl methyl sites for hydroxylation is 1. The maximum absolute atomic E-state index is 12.2. The van der Waals surface area contributed by atoms with Gasteiger partial charge in [-0.05, 0) is 55.3 Å². The maximum Gasteiger partial charge on any atom is 0.238 e. The van der Waals surface area contributed by atoms with Gasteiger partial charge >= 0.3 is 0 Å². The minimum Gasteiger partial charge on any atom is -0.325 e. The van der Waals surface area contributed by atoms with Crippen molar-refractivity contribution in [1.82, 2.24) is 4.90 Å². The van der Waals surface area contributed by atoms with Gasteiger partial charge in [0.15, 0.2) is 0 Å². The fourth-order valence-corrected chi connectivity index (χ4v) is 3.19. The van der Waals surface area contributed by atoms with E-state index in [1.54, 1.807) is 12.1 Å². The second-order valence-electron chi connectivity index (χ2n) is 5.72. The molecule has 3 nitrogen and oxygen atoms in total. The summed E-state index contributed by atoms with van der Waals surface area (Å²) in [5, 5.41) is 3.57. The Morgan fingerprint density at radius 1 is 1.23 bits per heavy atom. The van der Waals surface area contributed by atoms with Crippen LogP contribution in [-0.2, 0) is 11.2 Å². The van der Waals surface area contributed by atoms with E-state index in [2.05, 4.69) is 34.5 Å². The number of carbonyl (C=O) groups is 1. The lowest BCUT2D eigenvalue weighted by Gasteiger charge is -2.24. The molecule has 0 aliphatic heterocycles. The summed E-state index contributed by atoms with van der Waals surface area (Å²) in [4.78, 5) is 14.3. The van der Waals surface area contributed by atoms with Crippen molar-refractivity contribution in [1.29, 1.82) is 0 Å². The van der Waals surface area contributed by atoms with Crippen molar-refractivity contribution in [3.05, 3.63) is 64.7 Å². The Bertz CT molecular complexity index is 669. The number of nitrogens with one attached hydrogen (secondary N) is 1. The number of fused-ring (bicyclic) bond motifs is 1. The number of likely N-dealkylation sites (N-methyl/N-ethyl adjacent to an activating group) is 1. The molecule has 114 valence electrons. The van der Waals surface area contributed by atoms with Crippen molar-refractivity contribution in [2.45, 2.75) is 18.9 Å². The molecule has 0 heterocycles. The molecule has 0 bridgehead atoms. The van der Waals surface area contributed by atoms with Gasteiger partial charge < -0.3 is 5.32 Å². The summed E-state index contributed by atoms with van der Waals surface area (Å²) in [5.74, 6) is -0.00537. The summed E-state index contributed by atoms with van der Waals surface area (Å²) in [6.07, 6.45) is 2.16. The van der Waals surface area contributed by atoms with Gasteiger partial charge in [-0.15, -0.1) is 0 Å². The summed E-state index contributed by atoms with van der Waals surface area (Å²) in [6, 6.07) is 16.0. The normalized spacial score (nSPS) is 16.6. The largest absolute Gasteiger partial charge is 0.325 e. The Labute approximate surface area is 135 Å². The van der Waals surface area contributed by atoms with Crippen molar-refractivity contribution in [3.8, 4) is 0 Å². The second kappa shape index (κ2) is 6.51. The van der Waals surface area contributed by atoms with Crippen LogP contribution >= 0.6 is 11.6 Å². The third-order valence-corrected chi connectivity index (χ3v) is 4.41. The molecule has 0 fully saturated rings. The summed E-state index contributed by atoms with van der Waals surface area (Å²) < 4.78 is 0. The second-order valence-corrected chi connectivity index (χ2v) is 6.16. The lowest BCUT2D eigenvalue weighted by molar-refractivity contribution is -0.117. The third kappa shape index (κ3) is 3.32. The van der Waals surface area contributed by atoms with Crippen LogP contribution < -0.4 is 5.32 Å². The van der Waals surface area contributed by atoms with Gasteiger partial charge in [0.2, 0.25) is 5.91 Å². The molecule has 2 aromatic rings. The van der Waals surface area contributed by atoms with Crippen LogP contribution in [0.4, 0.5) is 5.69 Å². The molecule has 3 rings (SSSR count). The predicted molar refractivity (Wildman–Crippen MR) is 90.2 cm³/mol. The fourth-order valence-electron chi connectivity index (χ4n) is 3.06. The van der Waals surface area contributed by atoms with E-state index in [1.165, 1.54) is 11.1 Å². The quantitative estimate of drug-likeness (QED) is 0.928. The van der Waals surface area contributed by atoms with Gasteiger partial charge in [0.25, 0.3) is 0 Å². The Hall–Kier alpha value is -1.84. The van der Waals surface area contributed by atoms with Gasteiger partial charge in [0.05, 0.1) is 6.54 Å². The highest BCUT2D eigenvalue weighted by Crippen LogP contribution is 2.34. The van der Waals surface area contributed by atoms with Gasteiger partial charge in [0.1, 0.15) is 0 Å². The van der Waals surface area contributed by atoms with Crippen LogP contribution in [0.25, 0.3) is 0 Å². The van der Waals surface area contributed by atoms with Crippen LogP contribution in [0.5, 0.6) is 0 Å². The van der Waals surface area contributed by atoms with Crippen LogP contribution in [0.2, 0.25) is 5.02 Å². The van der Waals surface area contributed by atoms with Crippen molar-refractivity contribution in [3.63, 3.8) is 0 Å². The molecular weight excluding hydrogens is 296 g/mol. The van der Waals surface area contributed by atoms with E-state index in [9.17, 15) is 4.79 Å². The van der Waals surface area contributed by atoms with Gasteiger partial charge in [-0.2, -0.15) is 0 Å². The molecule has 22 heavy (non-hydrogen) atoms. The number of carbonyl (C=O) groups excluding carboxylic acids is 1. The highest BCUT2D eigenvalue weighted by atomic mass is 35.5. The van der Waals surface area contributed by atoms with Crippen molar-refractivity contribution in [2.75, 3.05) is 18.9 Å². The SMILES string of the molecule is CN(CC(=O)Nc1ccc(Cl)cc1)C1CCc2ccccc21. The van der Waals surface area contributed by atoms with Crippen molar-refractivity contribution < 1.29 is 4.79 Å². The first-order chi connectivity index (χ1) is 10.6. The zero-order chi connectivity index (χ0) is 15.5. The molecule has 1 aliphatic rings. The molecule has 0 saturated heterocycles. The highest BCUT2D eigenvalue weighted by Gasteiger charge is 2.26. The topological polar surface area (TPSA) is 32.3 Å². The van der Waals surface area contributed by atoms with E-state index < -0.39 is 0 Å². The van der Waals surface area contributed by atoms with E-state index in [4.69, 9.17) is 11.6 Å². The van der Waals surface area contributed by atoms with Crippen LogP contribution in [-0.4, -0.2) is 24.4 Å².